The average molecular weight is 299 g/mol. The molecule has 20 heavy (non-hydrogen) atoms. The van der Waals surface area contributed by atoms with E-state index in [9.17, 15) is 5.11 Å². The second-order valence-corrected chi connectivity index (χ2v) is 6.71. The molecule has 1 aromatic heterocycles. The van der Waals surface area contributed by atoms with Gasteiger partial charge >= 0.3 is 0 Å². The molecule has 6 heteroatoms. The monoisotopic (exact) mass is 299 g/mol. The summed E-state index contributed by atoms with van der Waals surface area (Å²) < 4.78 is 5.14. The molecule has 1 aliphatic rings. The van der Waals surface area contributed by atoms with Crippen molar-refractivity contribution in [1.82, 2.24) is 9.88 Å². The maximum absolute atomic E-state index is 9.39. The molecule has 2 heterocycles. The number of hydrogen-bond donors (Lipinski definition) is 1. The van der Waals surface area contributed by atoms with Crippen molar-refractivity contribution in [2.24, 2.45) is 5.92 Å². The Labute approximate surface area is 125 Å². The van der Waals surface area contributed by atoms with Gasteiger partial charge in [0.25, 0.3) is 0 Å². The lowest BCUT2D eigenvalue weighted by molar-refractivity contribution is 0.179. The van der Waals surface area contributed by atoms with Crippen molar-refractivity contribution in [3.63, 3.8) is 0 Å². The van der Waals surface area contributed by atoms with E-state index in [0.29, 0.717) is 6.61 Å². The van der Waals surface area contributed by atoms with Crippen LogP contribution in [-0.2, 0) is 18.0 Å². The molecule has 0 spiro atoms. The zero-order chi connectivity index (χ0) is 14.5. The van der Waals surface area contributed by atoms with Crippen LogP contribution in [0.3, 0.4) is 0 Å². The number of aliphatic hydroxyl groups is 1. The number of aliphatic hydroxyl groups excluding tert-OH is 1. The van der Waals surface area contributed by atoms with Gasteiger partial charge in [0.15, 0.2) is 5.13 Å². The van der Waals surface area contributed by atoms with E-state index in [1.165, 1.54) is 19.4 Å². The van der Waals surface area contributed by atoms with Crippen LogP contribution in [0.4, 0.5) is 5.13 Å². The second kappa shape index (κ2) is 7.36. The highest BCUT2D eigenvalue weighted by Crippen LogP contribution is 2.30. The van der Waals surface area contributed by atoms with Gasteiger partial charge in [0.2, 0.25) is 0 Å². The third-order valence-corrected chi connectivity index (χ3v) is 4.84. The Morgan fingerprint density at radius 3 is 2.65 bits per heavy atom. The predicted molar refractivity (Wildman–Crippen MR) is 82.2 cm³/mol. The van der Waals surface area contributed by atoms with E-state index < -0.39 is 0 Å². The lowest BCUT2D eigenvalue weighted by Gasteiger charge is -2.33. The normalized spacial score (nSPS) is 17.1. The highest BCUT2D eigenvalue weighted by atomic mass is 32.1. The molecular formula is C14H25N3O2S. The molecule has 0 aromatic carbocycles. The minimum Gasteiger partial charge on any atom is -0.391 e. The molecule has 5 nitrogen and oxygen atoms in total. The molecule has 114 valence electrons. The van der Waals surface area contributed by atoms with Crippen molar-refractivity contribution in [3.05, 3.63) is 10.6 Å². The molecule has 0 saturated carbocycles. The molecule has 0 bridgehead atoms. The Balaban J connectivity index is 1.96. The van der Waals surface area contributed by atoms with Crippen LogP contribution < -0.4 is 4.90 Å². The van der Waals surface area contributed by atoms with E-state index in [1.54, 1.807) is 18.4 Å². The number of anilines is 1. The van der Waals surface area contributed by atoms with E-state index in [0.717, 1.165) is 34.7 Å². The lowest BCUT2D eigenvalue weighted by atomic mass is 9.97. The quantitative estimate of drug-likeness (QED) is 0.864. The minimum absolute atomic E-state index is 0.0491. The zero-order valence-corrected chi connectivity index (χ0v) is 13.4. The highest BCUT2D eigenvalue weighted by Gasteiger charge is 2.23. The summed E-state index contributed by atoms with van der Waals surface area (Å²) >= 11 is 1.60. The van der Waals surface area contributed by atoms with Gasteiger partial charge in [0.1, 0.15) is 0 Å². The highest BCUT2D eigenvalue weighted by molar-refractivity contribution is 7.15. The Hall–Kier alpha value is -0.690. The third kappa shape index (κ3) is 3.91. The van der Waals surface area contributed by atoms with Gasteiger partial charge in [-0.05, 0) is 32.9 Å². The van der Waals surface area contributed by atoms with Gasteiger partial charge in [-0.2, -0.15) is 0 Å². The van der Waals surface area contributed by atoms with Crippen LogP contribution in [0.15, 0.2) is 0 Å². The lowest BCUT2D eigenvalue weighted by Crippen LogP contribution is -2.37. The first kappa shape index (κ1) is 15.7. The molecule has 1 N–H and O–H groups in total. The van der Waals surface area contributed by atoms with E-state index in [1.807, 2.05) is 0 Å². The summed E-state index contributed by atoms with van der Waals surface area (Å²) in [7, 11) is 5.93. The van der Waals surface area contributed by atoms with Crippen LogP contribution in [0.5, 0.6) is 0 Å². The zero-order valence-electron chi connectivity index (χ0n) is 12.6. The van der Waals surface area contributed by atoms with Gasteiger partial charge < -0.3 is 19.6 Å². The first-order chi connectivity index (χ1) is 9.63. The van der Waals surface area contributed by atoms with E-state index >= 15 is 0 Å². The van der Waals surface area contributed by atoms with Crippen LogP contribution >= 0.6 is 11.3 Å². The van der Waals surface area contributed by atoms with Gasteiger partial charge in [-0.15, -0.1) is 0 Å². The number of ether oxygens (including phenoxy) is 1. The first-order valence-electron chi connectivity index (χ1n) is 7.12. The van der Waals surface area contributed by atoms with Gasteiger partial charge in [0, 0.05) is 26.7 Å². The van der Waals surface area contributed by atoms with Crippen molar-refractivity contribution in [2.45, 2.75) is 26.1 Å². The van der Waals surface area contributed by atoms with Crippen molar-refractivity contribution >= 4 is 16.5 Å². The van der Waals surface area contributed by atoms with Gasteiger partial charge in [-0.1, -0.05) is 11.3 Å². The largest absolute Gasteiger partial charge is 0.391 e. The molecular weight excluding hydrogens is 274 g/mol. The maximum atomic E-state index is 9.39. The number of thiazole rings is 1. The molecule has 1 aliphatic heterocycles. The van der Waals surface area contributed by atoms with Crippen molar-refractivity contribution in [3.8, 4) is 0 Å². The first-order valence-corrected chi connectivity index (χ1v) is 7.93. The molecule has 1 saturated heterocycles. The fraction of sp³-hybridized carbons (Fsp3) is 0.786. The van der Waals surface area contributed by atoms with Crippen LogP contribution in [0.2, 0.25) is 0 Å². The standard InChI is InChI=1S/C14H25N3O2S/c1-16(2)8-11-4-6-17(7-5-11)14-15-12(10-19-3)13(9-18)20-14/h11,18H,4-10H2,1-3H3. The van der Waals surface area contributed by atoms with Crippen LogP contribution in [0.1, 0.15) is 23.4 Å². The Bertz CT molecular complexity index is 415. The fourth-order valence-corrected chi connectivity index (χ4v) is 3.68. The van der Waals surface area contributed by atoms with Crippen molar-refractivity contribution < 1.29 is 9.84 Å². The number of methoxy groups -OCH3 is 1. The topological polar surface area (TPSA) is 48.8 Å². The number of aromatic nitrogens is 1. The summed E-state index contributed by atoms with van der Waals surface area (Å²) in [4.78, 5) is 10.2. The predicted octanol–water partition coefficient (Wildman–Crippen LogP) is 1.56. The number of hydrogen-bond acceptors (Lipinski definition) is 6. The summed E-state index contributed by atoms with van der Waals surface area (Å²) in [5.74, 6) is 0.789. The minimum atomic E-state index is 0.0491. The molecule has 0 amide bonds. The SMILES string of the molecule is COCc1nc(N2CCC(CN(C)C)CC2)sc1CO. The molecule has 1 aromatic rings. The van der Waals surface area contributed by atoms with Crippen molar-refractivity contribution in [1.29, 1.82) is 0 Å². The fourth-order valence-electron chi connectivity index (χ4n) is 2.70. The molecule has 1 fully saturated rings. The molecule has 0 unspecified atom stereocenters. The Kier molecular flexibility index (Phi) is 5.77. The second-order valence-electron chi connectivity index (χ2n) is 5.65. The molecule has 2 rings (SSSR count). The van der Waals surface area contributed by atoms with E-state index in [-0.39, 0.29) is 6.61 Å². The van der Waals surface area contributed by atoms with E-state index in [2.05, 4.69) is 28.9 Å². The Morgan fingerprint density at radius 1 is 1.40 bits per heavy atom. The summed E-state index contributed by atoms with van der Waals surface area (Å²) in [5.41, 5.74) is 0.880. The molecule has 0 atom stereocenters. The summed E-state index contributed by atoms with van der Waals surface area (Å²) in [6.07, 6.45) is 2.43. The third-order valence-electron chi connectivity index (χ3n) is 3.70. The molecule has 0 aliphatic carbocycles. The van der Waals surface area contributed by atoms with Crippen molar-refractivity contribution in [2.75, 3.05) is 45.7 Å². The van der Waals surface area contributed by atoms with Gasteiger partial charge in [0.05, 0.1) is 23.8 Å². The van der Waals surface area contributed by atoms with E-state index in [4.69, 9.17) is 4.74 Å². The van der Waals surface area contributed by atoms with Crippen LogP contribution in [0.25, 0.3) is 0 Å². The average Bonchev–Trinajstić information content (AvgIpc) is 2.82. The maximum Gasteiger partial charge on any atom is 0.185 e. The summed E-state index contributed by atoms with van der Waals surface area (Å²) in [6.45, 7) is 3.81. The summed E-state index contributed by atoms with van der Waals surface area (Å²) in [5, 5.41) is 10.4. The smallest absolute Gasteiger partial charge is 0.185 e. The molecule has 0 radical (unpaired) electrons. The number of piperidine rings is 1. The van der Waals surface area contributed by atoms with Gasteiger partial charge in [-0.3, -0.25) is 0 Å². The number of nitrogens with zero attached hydrogens (tertiary/aromatic N) is 3. The van der Waals surface area contributed by atoms with Crippen LogP contribution in [0, 0.1) is 5.92 Å². The Morgan fingerprint density at radius 2 is 2.10 bits per heavy atom. The summed E-state index contributed by atoms with van der Waals surface area (Å²) in [6, 6.07) is 0. The number of rotatable bonds is 6. The van der Waals surface area contributed by atoms with Crippen LogP contribution in [-0.4, -0.2) is 55.8 Å². The van der Waals surface area contributed by atoms with Gasteiger partial charge in [-0.25, -0.2) is 4.98 Å².